The van der Waals surface area contributed by atoms with Crippen LogP contribution in [0, 0.1) is 13.8 Å². The van der Waals surface area contributed by atoms with Gasteiger partial charge in [0.25, 0.3) is 5.91 Å². The molecule has 24 heavy (non-hydrogen) atoms. The van der Waals surface area contributed by atoms with Gasteiger partial charge in [0.2, 0.25) is 0 Å². The maximum absolute atomic E-state index is 13.4. The highest BCUT2D eigenvalue weighted by atomic mass is 32.1. The molecule has 7 nitrogen and oxygen atoms in total. The fraction of sp³-hybridized carbons (Fsp3) is 0.625. The van der Waals surface area contributed by atoms with E-state index in [9.17, 15) is 4.79 Å². The van der Waals surface area contributed by atoms with Crippen molar-refractivity contribution in [1.29, 1.82) is 0 Å². The third-order valence-electron chi connectivity index (χ3n) is 5.40. The van der Waals surface area contributed by atoms with Gasteiger partial charge in [0, 0.05) is 24.1 Å². The van der Waals surface area contributed by atoms with Crippen molar-refractivity contribution >= 4 is 17.2 Å². The van der Waals surface area contributed by atoms with Crippen molar-refractivity contribution in [2.45, 2.75) is 57.7 Å². The predicted molar refractivity (Wildman–Crippen MR) is 89.5 cm³/mol. The first-order valence-electron chi connectivity index (χ1n) is 8.29. The monoisotopic (exact) mass is 347 g/mol. The van der Waals surface area contributed by atoms with Crippen molar-refractivity contribution in [2.75, 3.05) is 7.11 Å². The van der Waals surface area contributed by atoms with Gasteiger partial charge in [-0.05, 0) is 55.5 Å². The molecule has 0 spiro atoms. The second-order valence-corrected chi connectivity index (χ2v) is 7.85. The average molecular weight is 347 g/mol. The smallest absolute Gasteiger partial charge is 0.257 e. The maximum Gasteiger partial charge on any atom is 0.257 e. The molecule has 2 bridgehead atoms. The van der Waals surface area contributed by atoms with Crippen molar-refractivity contribution < 1.29 is 9.53 Å². The summed E-state index contributed by atoms with van der Waals surface area (Å²) in [6.07, 6.45) is 5.82. The fourth-order valence-corrected chi connectivity index (χ4v) is 5.12. The van der Waals surface area contributed by atoms with Crippen molar-refractivity contribution in [1.82, 2.24) is 25.1 Å². The van der Waals surface area contributed by atoms with Crippen molar-refractivity contribution in [2.24, 2.45) is 0 Å². The van der Waals surface area contributed by atoms with E-state index in [-0.39, 0.29) is 24.1 Å². The topological polar surface area (TPSA) is 73.1 Å². The Labute approximate surface area is 144 Å². The maximum atomic E-state index is 13.4. The minimum Gasteiger partial charge on any atom is -0.381 e. The largest absolute Gasteiger partial charge is 0.381 e. The lowest BCUT2D eigenvalue weighted by Crippen LogP contribution is -2.48. The number of rotatable bonds is 3. The van der Waals surface area contributed by atoms with Crippen LogP contribution in [0.4, 0.5) is 0 Å². The highest BCUT2D eigenvalue weighted by Gasteiger charge is 2.44. The summed E-state index contributed by atoms with van der Waals surface area (Å²) in [5, 5.41) is 12.2. The van der Waals surface area contributed by atoms with Crippen LogP contribution < -0.4 is 0 Å². The number of piperidine rings is 1. The van der Waals surface area contributed by atoms with Gasteiger partial charge in [-0.25, -0.2) is 0 Å². The Morgan fingerprint density at radius 2 is 2.00 bits per heavy atom. The first-order chi connectivity index (χ1) is 11.6. The highest BCUT2D eigenvalue weighted by molar-refractivity contribution is 7.15. The van der Waals surface area contributed by atoms with Gasteiger partial charge < -0.3 is 9.64 Å². The number of ether oxygens (including phenoxy) is 1. The van der Waals surface area contributed by atoms with Gasteiger partial charge in [-0.1, -0.05) is 0 Å². The quantitative estimate of drug-likeness (QED) is 0.850. The summed E-state index contributed by atoms with van der Waals surface area (Å²) in [4.78, 5) is 16.6. The van der Waals surface area contributed by atoms with E-state index < -0.39 is 0 Å². The zero-order valence-corrected chi connectivity index (χ0v) is 14.9. The number of hydrogen-bond donors (Lipinski definition) is 0. The molecule has 2 saturated heterocycles. The number of carbonyl (C=O) groups is 1. The number of fused-ring (bicyclic) bond motifs is 2. The molecule has 0 radical (unpaired) electrons. The number of amides is 1. The highest BCUT2D eigenvalue weighted by Crippen LogP contribution is 2.40. The Bertz CT molecular complexity index is 743. The summed E-state index contributed by atoms with van der Waals surface area (Å²) in [7, 11) is 1.77. The van der Waals surface area contributed by atoms with E-state index in [0.717, 1.165) is 46.7 Å². The molecule has 2 aliphatic rings. The molecular formula is C16H21N5O2S. The molecule has 128 valence electrons. The van der Waals surface area contributed by atoms with Crippen LogP contribution in [-0.4, -0.2) is 56.3 Å². The molecule has 2 aromatic rings. The Kier molecular flexibility index (Phi) is 3.88. The number of thiophene rings is 1. The SMILES string of the molecule is COC1C[C@H]2CC[C@@H](C1)N2C(=O)c1c(-n2cnnn2)sc(C)c1C. The minimum atomic E-state index is 0.115. The molecule has 1 amide bonds. The number of aromatic nitrogens is 4. The molecule has 4 heterocycles. The van der Waals surface area contributed by atoms with Crippen LogP contribution in [0.1, 0.15) is 46.5 Å². The predicted octanol–water partition coefficient (Wildman–Crippen LogP) is 2.12. The van der Waals surface area contributed by atoms with Gasteiger partial charge in [0.15, 0.2) is 0 Å². The Balaban J connectivity index is 1.71. The van der Waals surface area contributed by atoms with Crippen LogP contribution in [0.25, 0.3) is 5.00 Å². The first kappa shape index (κ1) is 15.7. The zero-order chi connectivity index (χ0) is 16.8. The first-order valence-corrected chi connectivity index (χ1v) is 9.10. The van der Waals surface area contributed by atoms with E-state index in [1.54, 1.807) is 29.5 Å². The van der Waals surface area contributed by atoms with E-state index in [2.05, 4.69) is 20.4 Å². The number of aryl methyl sites for hydroxylation is 1. The third kappa shape index (κ3) is 2.36. The van der Waals surface area contributed by atoms with Crippen LogP contribution in [0.3, 0.4) is 0 Å². The van der Waals surface area contributed by atoms with Crippen molar-refractivity contribution in [3.63, 3.8) is 0 Å². The lowest BCUT2D eigenvalue weighted by molar-refractivity contribution is 0.00821. The summed E-state index contributed by atoms with van der Waals surface area (Å²) in [6.45, 7) is 4.05. The minimum absolute atomic E-state index is 0.115. The van der Waals surface area contributed by atoms with Gasteiger partial charge in [0.05, 0.1) is 11.7 Å². The molecule has 0 N–H and O–H groups in total. The van der Waals surface area contributed by atoms with Crippen molar-refractivity contribution in [3.8, 4) is 5.00 Å². The Hall–Kier alpha value is -1.80. The van der Waals surface area contributed by atoms with Gasteiger partial charge in [-0.2, -0.15) is 4.68 Å². The Morgan fingerprint density at radius 3 is 2.58 bits per heavy atom. The average Bonchev–Trinajstić information content (AvgIpc) is 3.26. The lowest BCUT2D eigenvalue weighted by atomic mass is 9.98. The van der Waals surface area contributed by atoms with E-state index >= 15 is 0 Å². The lowest BCUT2D eigenvalue weighted by Gasteiger charge is -2.38. The van der Waals surface area contributed by atoms with Crippen LogP contribution in [0.2, 0.25) is 0 Å². The van der Waals surface area contributed by atoms with Gasteiger partial charge in [-0.15, -0.1) is 16.4 Å². The van der Waals surface area contributed by atoms with Gasteiger partial charge in [0.1, 0.15) is 11.3 Å². The number of carbonyl (C=O) groups excluding carboxylic acids is 1. The summed E-state index contributed by atoms with van der Waals surface area (Å²) in [5.74, 6) is 0.115. The standard InChI is InChI=1S/C16H21N5O2S/c1-9-10(2)24-16(20-8-17-18-19-20)14(9)15(22)21-11-4-5-12(21)7-13(6-11)23-3/h8,11-13H,4-7H2,1-3H3/t11-,12+,13?. The van der Waals surface area contributed by atoms with Crippen molar-refractivity contribution in [3.05, 3.63) is 22.3 Å². The third-order valence-corrected chi connectivity index (χ3v) is 6.59. The van der Waals surface area contributed by atoms with Crippen LogP contribution in [0.5, 0.6) is 0 Å². The molecule has 2 aromatic heterocycles. The van der Waals surface area contributed by atoms with Crippen LogP contribution >= 0.6 is 11.3 Å². The second kappa shape index (κ2) is 5.93. The van der Waals surface area contributed by atoms with E-state index in [1.807, 2.05) is 13.8 Å². The molecule has 0 saturated carbocycles. The van der Waals surface area contributed by atoms with Gasteiger partial charge >= 0.3 is 0 Å². The molecule has 1 unspecified atom stereocenters. The van der Waals surface area contributed by atoms with E-state index in [1.165, 1.54) is 0 Å². The number of methoxy groups -OCH3 is 1. The zero-order valence-electron chi connectivity index (χ0n) is 14.1. The van der Waals surface area contributed by atoms with E-state index in [0.29, 0.717) is 0 Å². The second-order valence-electron chi connectivity index (χ2n) is 6.64. The summed E-state index contributed by atoms with van der Waals surface area (Å²) >= 11 is 1.57. The molecule has 0 aromatic carbocycles. The summed E-state index contributed by atoms with van der Waals surface area (Å²) < 4.78 is 7.15. The molecule has 2 fully saturated rings. The molecule has 8 heteroatoms. The number of nitrogens with zero attached hydrogens (tertiary/aromatic N) is 5. The molecule has 3 atom stereocenters. The molecule has 2 aliphatic heterocycles. The number of hydrogen-bond acceptors (Lipinski definition) is 6. The normalized spacial score (nSPS) is 26.1. The molecule has 0 aliphatic carbocycles. The van der Waals surface area contributed by atoms with E-state index in [4.69, 9.17) is 4.74 Å². The van der Waals surface area contributed by atoms with Crippen LogP contribution in [-0.2, 0) is 4.74 Å². The number of tetrazole rings is 1. The fourth-order valence-electron chi connectivity index (χ4n) is 4.06. The summed E-state index contributed by atoms with van der Waals surface area (Å²) in [5.41, 5.74) is 1.78. The summed E-state index contributed by atoms with van der Waals surface area (Å²) in [6, 6.07) is 0.560. The Morgan fingerprint density at radius 1 is 1.29 bits per heavy atom. The van der Waals surface area contributed by atoms with Gasteiger partial charge in [-0.3, -0.25) is 4.79 Å². The molecular weight excluding hydrogens is 326 g/mol. The molecule has 4 rings (SSSR count). The van der Waals surface area contributed by atoms with Crippen LogP contribution in [0.15, 0.2) is 6.33 Å².